The van der Waals surface area contributed by atoms with Crippen LogP contribution in [0.25, 0.3) is 0 Å². The number of halogens is 1. The molecule has 1 heterocycles. The quantitative estimate of drug-likeness (QED) is 0.481. The second-order valence-electron chi connectivity index (χ2n) is 5.42. The van der Waals surface area contributed by atoms with Crippen molar-refractivity contribution in [1.29, 1.82) is 0 Å². The first kappa shape index (κ1) is 18.5. The van der Waals surface area contributed by atoms with Gasteiger partial charge in [-0.3, -0.25) is 4.79 Å². The van der Waals surface area contributed by atoms with Gasteiger partial charge in [0.2, 0.25) is 11.0 Å². The van der Waals surface area contributed by atoms with Crippen LogP contribution in [0.5, 0.6) is 5.75 Å². The molecule has 2 aromatic carbocycles. The van der Waals surface area contributed by atoms with Gasteiger partial charge >= 0.3 is 0 Å². The zero-order valence-electron chi connectivity index (χ0n) is 14.1. The van der Waals surface area contributed by atoms with Gasteiger partial charge in [0.05, 0.1) is 12.6 Å². The van der Waals surface area contributed by atoms with Gasteiger partial charge in [-0.05, 0) is 18.2 Å². The van der Waals surface area contributed by atoms with E-state index in [1.54, 1.807) is 36.4 Å². The Bertz CT molecular complexity index is 960. The van der Waals surface area contributed by atoms with E-state index >= 15 is 0 Å². The molecule has 3 rings (SSSR count). The third-order valence-corrected chi connectivity index (χ3v) is 4.20. The zero-order valence-corrected chi connectivity index (χ0v) is 14.9. The summed E-state index contributed by atoms with van der Waals surface area (Å²) < 4.78 is 19.4. The summed E-state index contributed by atoms with van der Waals surface area (Å²) in [4.78, 5) is 11.8. The molecule has 0 bridgehead atoms. The van der Waals surface area contributed by atoms with Gasteiger partial charge in [-0.2, -0.15) is 5.10 Å². The number of nitrogens with one attached hydrogen (secondary N) is 1. The van der Waals surface area contributed by atoms with Gasteiger partial charge < -0.3 is 10.5 Å². The fourth-order valence-corrected chi connectivity index (χ4v) is 2.79. The second-order valence-corrected chi connectivity index (χ2v) is 6.52. The second kappa shape index (κ2) is 8.86. The highest BCUT2D eigenvalue weighted by atomic mass is 32.1. The van der Waals surface area contributed by atoms with Crippen LogP contribution in [0.2, 0.25) is 0 Å². The average Bonchev–Trinajstić information content (AvgIpc) is 3.06. The summed E-state index contributed by atoms with van der Waals surface area (Å²) in [7, 11) is 0. The molecule has 3 aromatic rings. The molecule has 3 N–H and O–H groups in total. The lowest BCUT2D eigenvalue weighted by molar-refractivity contribution is -0.120. The van der Waals surface area contributed by atoms with Gasteiger partial charge in [0.1, 0.15) is 23.2 Å². The van der Waals surface area contributed by atoms with Crippen LogP contribution in [-0.4, -0.2) is 22.3 Å². The lowest BCUT2D eigenvalue weighted by Crippen LogP contribution is -2.19. The zero-order chi connectivity index (χ0) is 19.1. The lowest BCUT2D eigenvalue weighted by atomic mass is 10.2. The van der Waals surface area contributed by atoms with E-state index in [1.165, 1.54) is 12.3 Å². The molecule has 9 heteroatoms. The number of carbonyl (C=O) groups is 1. The van der Waals surface area contributed by atoms with Crippen LogP contribution in [0.3, 0.4) is 0 Å². The lowest BCUT2D eigenvalue weighted by Gasteiger charge is -2.09. The van der Waals surface area contributed by atoms with E-state index in [9.17, 15) is 9.18 Å². The first-order valence-corrected chi connectivity index (χ1v) is 8.78. The van der Waals surface area contributed by atoms with Crippen molar-refractivity contribution in [3.05, 3.63) is 70.5 Å². The number of aromatic nitrogens is 2. The number of para-hydroxylation sites is 1. The molecule has 0 spiro atoms. The molecular weight excluding hydrogens is 369 g/mol. The standard InChI is InChI=1S/C18H16FN5O2S/c19-14-7-3-1-6-13(14)11-26-15-8-4-2-5-12(15)10-21-22-16(25)9-17-23-24-18(20)27-17/h1-8,10H,9,11H2,(H2,20,24)(H,22,25). The summed E-state index contributed by atoms with van der Waals surface area (Å²) in [5.41, 5.74) is 8.99. The third-order valence-electron chi connectivity index (χ3n) is 3.45. The number of nitrogens with zero attached hydrogens (tertiary/aromatic N) is 3. The van der Waals surface area contributed by atoms with E-state index in [2.05, 4.69) is 20.7 Å². The highest BCUT2D eigenvalue weighted by Crippen LogP contribution is 2.18. The Balaban J connectivity index is 1.59. The fraction of sp³-hybridized carbons (Fsp3) is 0.111. The number of nitrogens with two attached hydrogens (primary N) is 1. The molecule has 0 saturated heterocycles. The molecule has 27 heavy (non-hydrogen) atoms. The molecule has 1 amide bonds. The van der Waals surface area contributed by atoms with Gasteiger partial charge in [0.15, 0.2) is 0 Å². The van der Waals surface area contributed by atoms with E-state index in [0.717, 1.165) is 11.3 Å². The van der Waals surface area contributed by atoms with Crippen molar-refractivity contribution in [2.75, 3.05) is 5.73 Å². The van der Waals surface area contributed by atoms with Crippen LogP contribution >= 0.6 is 11.3 Å². The first-order chi connectivity index (χ1) is 13.1. The normalized spacial score (nSPS) is 10.9. The van der Waals surface area contributed by atoms with Crippen LogP contribution in [0.15, 0.2) is 53.6 Å². The van der Waals surface area contributed by atoms with Crippen LogP contribution in [-0.2, 0) is 17.8 Å². The smallest absolute Gasteiger partial charge is 0.247 e. The Kier molecular flexibility index (Phi) is 6.06. The molecular formula is C18H16FN5O2S. The predicted octanol–water partition coefficient (Wildman–Crippen LogP) is 2.53. The number of ether oxygens (including phenoxy) is 1. The number of hydrogen-bond donors (Lipinski definition) is 2. The first-order valence-electron chi connectivity index (χ1n) is 7.97. The van der Waals surface area contributed by atoms with Gasteiger partial charge in [-0.25, -0.2) is 9.82 Å². The molecule has 0 aliphatic carbocycles. The molecule has 7 nitrogen and oxygen atoms in total. The number of carbonyl (C=O) groups excluding carboxylic acids is 1. The maximum Gasteiger partial charge on any atom is 0.247 e. The largest absolute Gasteiger partial charge is 0.488 e. The Hall–Kier alpha value is -3.33. The van der Waals surface area contributed by atoms with Crippen LogP contribution in [0.4, 0.5) is 9.52 Å². The van der Waals surface area contributed by atoms with E-state index in [0.29, 0.717) is 27.0 Å². The van der Waals surface area contributed by atoms with Crippen molar-refractivity contribution in [1.82, 2.24) is 15.6 Å². The van der Waals surface area contributed by atoms with E-state index in [-0.39, 0.29) is 24.8 Å². The number of rotatable bonds is 7. The van der Waals surface area contributed by atoms with Crippen LogP contribution in [0, 0.1) is 5.82 Å². The number of anilines is 1. The Morgan fingerprint density at radius 1 is 1.22 bits per heavy atom. The number of hydrogen-bond acceptors (Lipinski definition) is 7. The molecule has 0 saturated carbocycles. The SMILES string of the molecule is Nc1nnc(CC(=O)NN=Cc2ccccc2OCc2ccccc2F)s1. The third kappa shape index (κ3) is 5.32. The Morgan fingerprint density at radius 3 is 2.78 bits per heavy atom. The summed E-state index contributed by atoms with van der Waals surface area (Å²) in [6.45, 7) is 0.0857. The molecule has 0 aliphatic rings. The number of benzene rings is 2. The fourth-order valence-electron chi connectivity index (χ4n) is 2.18. The van der Waals surface area contributed by atoms with Crippen molar-refractivity contribution in [3.8, 4) is 5.75 Å². The van der Waals surface area contributed by atoms with Crippen LogP contribution < -0.4 is 15.9 Å². The average molecular weight is 385 g/mol. The van der Waals surface area contributed by atoms with Gasteiger partial charge in [-0.15, -0.1) is 10.2 Å². The maximum absolute atomic E-state index is 13.7. The highest BCUT2D eigenvalue weighted by molar-refractivity contribution is 7.15. The van der Waals surface area contributed by atoms with Gasteiger partial charge in [0, 0.05) is 11.1 Å². The van der Waals surface area contributed by atoms with Crippen molar-refractivity contribution in [2.45, 2.75) is 13.0 Å². The molecule has 0 fully saturated rings. The molecule has 0 atom stereocenters. The van der Waals surface area contributed by atoms with Crippen LogP contribution in [0.1, 0.15) is 16.1 Å². The monoisotopic (exact) mass is 385 g/mol. The summed E-state index contributed by atoms with van der Waals surface area (Å²) >= 11 is 1.15. The molecule has 1 aromatic heterocycles. The van der Waals surface area contributed by atoms with Crippen molar-refractivity contribution in [3.63, 3.8) is 0 Å². The Morgan fingerprint density at radius 2 is 2.00 bits per heavy atom. The summed E-state index contributed by atoms with van der Waals surface area (Å²) in [5, 5.41) is 12.2. The molecule has 0 aliphatic heterocycles. The number of amides is 1. The van der Waals surface area contributed by atoms with Gasteiger partial charge in [0.25, 0.3) is 0 Å². The Labute approximate surface area is 158 Å². The van der Waals surface area contributed by atoms with Crippen molar-refractivity contribution in [2.24, 2.45) is 5.10 Å². The predicted molar refractivity (Wildman–Crippen MR) is 101 cm³/mol. The number of hydrazone groups is 1. The molecule has 0 unspecified atom stereocenters. The van der Waals surface area contributed by atoms with Crippen molar-refractivity contribution < 1.29 is 13.9 Å². The molecule has 0 radical (unpaired) electrons. The van der Waals surface area contributed by atoms with E-state index < -0.39 is 0 Å². The maximum atomic E-state index is 13.7. The minimum absolute atomic E-state index is 0.0393. The van der Waals surface area contributed by atoms with Gasteiger partial charge in [-0.1, -0.05) is 41.7 Å². The van der Waals surface area contributed by atoms with E-state index in [4.69, 9.17) is 10.5 Å². The summed E-state index contributed by atoms with van der Waals surface area (Å²) in [6.07, 6.45) is 1.50. The van der Waals surface area contributed by atoms with E-state index in [1.807, 2.05) is 6.07 Å². The van der Waals surface area contributed by atoms with Crippen molar-refractivity contribution >= 4 is 28.6 Å². The number of nitrogen functional groups attached to an aromatic ring is 1. The minimum Gasteiger partial charge on any atom is -0.488 e. The highest BCUT2D eigenvalue weighted by Gasteiger charge is 2.08. The topological polar surface area (TPSA) is 102 Å². The molecule has 138 valence electrons. The summed E-state index contributed by atoms with van der Waals surface area (Å²) in [6, 6.07) is 13.5. The summed E-state index contributed by atoms with van der Waals surface area (Å²) in [5.74, 6) is -0.143. The minimum atomic E-state index is -0.341.